The Hall–Kier alpha value is -0.0200. The van der Waals surface area contributed by atoms with E-state index in [4.69, 9.17) is 23.2 Å². The van der Waals surface area contributed by atoms with E-state index < -0.39 is 0 Å². The van der Waals surface area contributed by atoms with Crippen molar-refractivity contribution in [3.63, 3.8) is 0 Å². The molecule has 0 saturated carbocycles. The molecule has 2 rings (SSSR count). The van der Waals surface area contributed by atoms with Crippen molar-refractivity contribution in [1.29, 1.82) is 0 Å². The lowest BCUT2D eigenvalue weighted by atomic mass is 10.1. The lowest BCUT2D eigenvalue weighted by Gasteiger charge is -2.10. The highest BCUT2D eigenvalue weighted by molar-refractivity contribution is 9.10. The van der Waals surface area contributed by atoms with E-state index in [-0.39, 0.29) is 5.38 Å². The molecular weight excluding hydrogens is 327 g/mol. The summed E-state index contributed by atoms with van der Waals surface area (Å²) in [4.78, 5) is 1.07. The van der Waals surface area contributed by atoms with E-state index in [0.717, 1.165) is 19.2 Å². The van der Waals surface area contributed by atoms with Gasteiger partial charge in [0, 0.05) is 9.35 Å². The summed E-state index contributed by atoms with van der Waals surface area (Å²) in [5.41, 5.74) is 2.29. The molecule has 0 saturated heterocycles. The smallest absolute Gasteiger partial charge is 0.0939 e. The van der Waals surface area contributed by atoms with Crippen LogP contribution in [-0.4, -0.2) is 0 Å². The first kappa shape index (κ1) is 12.4. The molecule has 0 spiro atoms. The third-order valence-corrected chi connectivity index (χ3v) is 4.86. The second-order valence-electron chi connectivity index (χ2n) is 3.53. The number of alkyl halides is 1. The number of hydrogen-bond acceptors (Lipinski definition) is 1. The molecule has 0 amide bonds. The number of thiophene rings is 1. The van der Waals surface area contributed by atoms with Crippen LogP contribution in [0.1, 0.15) is 21.4 Å². The molecule has 4 heteroatoms. The van der Waals surface area contributed by atoms with Gasteiger partial charge in [-0.15, -0.1) is 22.9 Å². The van der Waals surface area contributed by atoms with Gasteiger partial charge >= 0.3 is 0 Å². The van der Waals surface area contributed by atoms with Crippen LogP contribution in [0, 0.1) is 6.92 Å². The number of aryl methyl sites for hydroxylation is 1. The van der Waals surface area contributed by atoms with Gasteiger partial charge < -0.3 is 0 Å². The SMILES string of the molecule is Cc1ccc(C(Cl)c2ccc(Cl)s2)c(Br)c1. The van der Waals surface area contributed by atoms with Crippen LogP contribution < -0.4 is 0 Å². The van der Waals surface area contributed by atoms with Crippen molar-refractivity contribution in [3.05, 3.63) is 55.1 Å². The van der Waals surface area contributed by atoms with Crippen molar-refractivity contribution in [1.82, 2.24) is 0 Å². The summed E-state index contributed by atoms with van der Waals surface area (Å²) in [5.74, 6) is 0. The van der Waals surface area contributed by atoms with Crippen LogP contribution in [0.15, 0.2) is 34.8 Å². The van der Waals surface area contributed by atoms with E-state index in [0.29, 0.717) is 0 Å². The monoisotopic (exact) mass is 334 g/mol. The van der Waals surface area contributed by atoms with Crippen molar-refractivity contribution in [2.24, 2.45) is 0 Å². The normalized spacial score (nSPS) is 12.8. The van der Waals surface area contributed by atoms with E-state index in [2.05, 4.69) is 35.0 Å². The highest BCUT2D eigenvalue weighted by Crippen LogP contribution is 2.38. The largest absolute Gasteiger partial charge is 0.127 e. The predicted octanol–water partition coefficient (Wildman–Crippen LogP) is 5.80. The fourth-order valence-electron chi connectivity index (χ4n) is 1.46. The van der Waals surface area contributed by atoms with Gasteiger partial charge in [-0.05, 0) is 36.2 Å². The van der Waals surface area contributed by atoms with Crippen molar-refractivity contribution < 1.29 is 0 Å². The minimum Gasteiger partial charge on any atom is -0.127 e. The van der Waals surface area contributed by atoms with Gasteiger partial charge in [0.15, 0.2) is 0 Å². The quantitative estimate of drug-likeness (QED) is 0.608. The Morgan fingerprint density at radius 1 is 1.25 bits per heavy atom. The van der Waals surface area contributed by atoms with Gasteiger partial charge in [0.1, 0.15) is 0 Å². The van der Waals surface area contributed by atoms with E-state index in [1.807, 2.05) is 18.2 Å². The molecule has 0 fully saturated rings. The van der Waals surface area contributed by atoms with Gasteiger partial charge in [-0.3, -0.25) is 0 Å². The second-order valence-corrected chi connectivity index (χ2v) is 6.57. The van der Waals surface area contributed by atoms with Gasteiger partial charge in [-0.25, -0.2) is 0 Å². The highest BCUT2D eigenvalue weighted by atomic mass is 79.9. The van der Waals surface area contributed by atoms with Gasteiger partial charge in [0.05, 0.1) is 9.71 Å². The number of benzene rings is 1. The Morgan fingerprint density at radius 2 is 2.00 bits per heavy atom. The average Bonchev–Trinajstić information content (AvgIpc) is 2.64. The summed E-state index contributed by atoms with van der Waals surface area (Å²) in [6.45, 7) is 2.06. The molecule has 2 aromatic rings. The fourth-order valence-corrected chi connectivity index (χ4v) is 3.76. The molecule has 0 N–H and O–H groups in total. The lowest BCUT2D eigenvalue weighted by molar-refractivity contribution is 1.16. The zero-order valence-electron chi connectivity index (χ0n) is 8.51. The minimum absolute atomic E-state index is 0.146. The Kier molecular flexibility index (Phi) is 3.96. The standard InChI is InChI=1S/C12H9BrCl2S/c1-7-2-3-8(9(13)6-7)12(15)10-4-5-11(14)16-10/h2-6,12H,1H3. The van der Waals surface area contributed by atoms with Gasteiger partial charge in [0.2, 0.25) is 0 Å². The molecule has 0 aliphatic heterocycles. The number of rotatable bonds is 2. The first-order chi connectivity index (χ1) is 7.58. The van der Waals surface area contributed by atoms with Crippen LogP contribution in [0.2, 0.25) is 4.34 Å². The molecular formula is C12H9BrCl2S. The summed E-state index contributed by atoms with van der Waals surface area (Å²) in [7, 11) is 0. The van der Waals surface area contributed by atoms with Gasteiger partial charge in [-0.2, -0.15) is 0 Å². The molecule has 16 heavy (non-hydrogen) atoms. The third kappa shape index (κ3) is 2.62. The summed E-state index contributed by atoms with van der Waals surface area (Å²) in [5, 5.41) is -0.146. The zero-order chi connectivity index (χ0) is 11.7. The minimum atomic E-state index is -0.146. The summed E-state index contributed by atoms with van der Waals surface area (Å²) >= 11 is 17.4. The number of hydrogen-bond donors (Lipinski definition) is 0. The zero-order valence-corrected chi connectivity index (χ0v) is 12.4. The molecule has 0 aliphatic rings. The van der Waals surface area contributed by atoms with Crippen molar-refractivity contribution >= 4 is 50.5 Å². The fraction of sp³-hybridized carbons (Fsp3) is 0.167. The van der Waals surface area contributed by atoms with E-state index in [9.17, 15) is 0 Å². The van der Waals surface area contributed by atoms with Crippen LogP contribution in [0.25, 0.3) is 0 Å². The van der Waals surface area contributed by atoms with Crippen molar-refractivity contribution in [2.75, 3.05) is 0 Å². The maximum atomic E-state index is 6.42. The van der Waals surface area contributed by atoms with Gasteiger partial charge in [0.25, 0.3) is 0 Å². The van der Waals surface area contributed by atoms with Crippen LogP contribution in [-0.2, 0) is 0 Å². The molecule has 1 unspecified atom stereocenters. The Morgan fingerprint density at radius 3 is 2.56 bits per heavy atom. The van der Waals surface area contributed by atoms with E-state index >= 15 is 0 Å². The summed E-state index contributed by atoms with van der Waals surface area (Å²) in [6.07, 6.45) is 0. The Bertz CT molecular complexity index is 507. The molecule has 0 bridgehead atoms. The topological polar surface area (TPSA) is 0 Å². The Balaban J connectivity index is 2.37. The molecule has 1 aromatic carbocycles. The maximum Gasteiger partial charge on any atom is 0.0939 e. The van der Waals surface area contributed by atoms with Crippen LogP contribution in [0.4, 0.5) is 0 Å². The van der Waals surface area contributed by atoms with E-state index in [1.165, 1.54) is 16.9 Å². The third-order valence-electron chi connectivity index (χ3n) is 2.27. The molecule has 1 atom stereocenters. The van der Waals surface area contributed by atoms with Crippen LogP contribution in [0.5, 0.6) is 0 Å². The average molecular weight is 336 g/mol. The van der Waals surface area contributed by atoms with E-state index in [1.54, 1.807) is 0 Å². The molecule has 0 radical (unpaired) electrons. The summed E-state index contributed by atoms with van der Waals surface area (Å²) in [6, 6.07) is 10.0. The Labute approximate surface area is 117 Å². The first-order valence-corrected chi connectivity index (χ1v) is 7.15. The predicted molar refractivity (Wildman–Crippen MR) is 75.9 cm³/mol. The molecule has 1 heterocycles. The number of halogens is 3. The van der Waals surface area contributed by atoms with Gasteiger partial charge in [-0.1, -0.05) is 39.7 Å². The first-order valence-electron chi connectivity index (χ1n) is 4.73. The molecule has 1 aromatic heterocycles. The molecule has 0 nitrogen and oxygen atoms in total. The highest BCUT2D eigenvalue weighted by Gasteiger charge is 2.15. The van der Waals surface area contributed by atoms with Crippen molar-refractivity contribution in [2.45, 2.75) is 12.3 Å². The van der Waals surface area contributed by atoms with Crippen LogP contribution in [0.3, 0.4) is 0 Å². The maximum absolute atomic E-state index is 6.42. The van der Waals surface area contributed by atoms with Crippen LogP contribution >= 0.6 is 50.5 Å². The van der Waals surface area contributed by atoms with Crippen molar-refractivity contribution in [3.8, 4) is 0 Å². The molecule has 84 valence electrons. The summed E-state index contributed by atoms with van der Waals surface area (Å²) < 4.78 is 1.81. The second kappa shape index (κ2) is 5.09. The molecule has 0 aliphatic carbocycles. The lowest BCUT2D eigenvalue weighted by Crippen LogP contribution is -1.92.